The first-order valence-corrected chi connectivity index (χ1v) is 6.88. The second-order valence-corrected chi connectivity index (χ2v) is 4.63. The smallest absolute Gasteiger partial charge is 0.139 e. The summed E-state index contributed by atoms with van der Waals surface area (Å²) < 4.78 is 26.5. The molecule has 0 bridgehead atoms. The highest BCUT2D eigenvalue weighted by molar-refractivity contribution is 5.64. The van der Waals surface area contributed by atoms with Crippen molar-refractivity contribution in [3.05, 3.63) is 41.2 Å². The molecule has 0 saturated carbocycles. The highest BCUT2D eigenvalue weighted by Crippen LogP contribution is 2.24. The van der Waals surface area contributed by atoms with Crippen LogP contribution in [0.5, 0.6) is 0 Å². The fourth-order valence-corrected chi connectivity index (χ4v) is 1.95. The van der Waals surface area contributed by atoms with Crippen molar-refractivity contribution in [2.24, 2.45) is 0 Å². The summed E-state index contributed by atoms with van der Waals surface area (Å²) in [5.74, 6) is 0.668. The second kappa shape index (κ2) is 6.47. The Kier molecular flexibility index (Phi) is 4.67. The predicted octanol–water partition coefficient (Wildman–Crippen LogP) is 3.80. The first-order valence-electron chi connectivity index (χ1n) is 6.88. The highest BCUT2D eigenvalue weighted by atomic mass is 19.1. The van der Waals surface area contributed by atoms with Crippen molar-refractivity contribution in [2.45, 2.75) is 27.2 Å². The zero-order chi connectivity index (χ0) is 15.4. The molecule has 0 radical (unpaired) electrons. The normalized spacial score (nSPS) is 10.5. The number of hydrogen-bond donors (Lipinski definition) is 2. The summed E-state index contributed by atoms with van der Waals surface area (Å²) in [6, 6.07) is 3.28. The van der Waals surface area contributed by atoms with Gasteiger partial charge in [-0.1, -0.05) is 6.92 Å². The number of anilines is 3. The standard InChI is InChI=1S/C15H18F2N4/c1-4-13-20-14(18-5-2)9(3)15(21-13)19-12-7-10(16)6-11(17)8-12/h6-8H,4-5H2,1-3H3,(H2,18,19,20,21). The molecule has 0 aliphatic rings. The Labute approximate surface area is 122 Å². The van der Waals surface area contributed by atoms with Gasteiger partial charge >= 0.3 is 0 Å². The van der Waals surface area contributed by atoms with Crippen LogP contribution in [0.25, 0.3) is 0 Å². The number of rotatable bonds is 5. The molecule has 1 heterocycles. The van der Waals surface area contributed by atoms with Crippen molar-refractivity contribution in [2.75, 3.05) is 17.2 Å². The Bertz CT molecular complexity index is 624. The molecule has 2 N–H and O–H groups in total. The van der Waals surface area contributed by atoms with Crippen LogP contribution in [0, 0.1) is 18.6 Å². The third kappa shape index (κ3) is 3.65. The van der Waals surface area contributed by atoms with E-state index in [2.05, 4.69) is 20.6 Å². The third-order valence-electron chi connectivity index (χ3n) is 2.98. The van der Waals surface area contributed by atoms with Crippen LogP contribution in [0.4, 0.5) is 26.1 Å². The molecule has 0 fully saturated rings. The molecule has 2 aromatic rings. The van der Waals surface area contributed by atoms with E-state index in [4.69, 9.17) is 0 Å². The molecule has 0 aliphatic heterocycles. The van der Waals surface area contributed by atoms with Gasteiger partial charge in [-0.3, -0.25) is 0 Å². The quantitative estimate of drug-likeness (QED) is 0.880. The van der Waals surface area contributed by atoms with Crippen molar-refractivity contribution < 1.29 is 8.78 Å². The molecule has 2 rings (SSSR count). The lowest BCUT2D eigenvalue weighted by Crippen LogP contribution is -2.09. The van der Waals surface area contributed by atoms with Crippen molar-refractivity contribution in [1.82, 2.24) is 9.97 Å². The van der Waals surface area contributed by atoms with E-state index >= 15 is 0 Å². The lowest BCUT2D eigenvalue weighted by Gasteiger charge is -2.14. The van der Waals surface area contributed by atoms with Gasteiger partial charge in [0.1, 0.15) is 29.1 Å². The van der Waals surface area contributed by atoms with Crippen molar-refractivity contribution in [3.8, 4) is 0 Å². The van der Waals surface area contributed by atoms with E-state index in [9.17, 15) is 8.78 Å². The van der Waals surface area contributed by atoms with Crippen LogP contribution in [-0.4, -0.2) is 16.5 Å². The zero-order valence-corrected chi connectivity index (χ0v) is 12.3. The lowest BCUT2D eigenvalue weighted by atomic mass is 10.2. The second-order valence-electron chi connectivity index (χ2n) is 4.63. The van der Waals surface area contributed by atoms with Gasteiger partial charge in [0, 0.05) is 30.3 Å². The van der Waals surface area contributed by atoms with Gasteiger partial charge in [-0.05, 0) is 26.0 Å². The Morgan fingerprint density at radius 2 is 1.62 bits per heavy atom. The van der Waals surface area contributed by atoms with Crippen LogP contribution < -0.4 is 10.6 Å². The van der Waals surface area contributed by atoms with E-state index in [1.807, 2.05) is 20.8 Å². The van der Waals surface area contributed by atoms with Gasteiger partial charge in [0.25, 0.3) is 0 Å². The van der Waals surface area contributed by atoms with Gasteiger partial charge in [0.05, 0.1) is 0 Å². The Morgan fingerprint density at radius 1 is 1.00 bits per heavy atom. The molecule has 21 heavy (non-hydrogen) atoms. The summed E-state index contributed by atoms with van der Waals surface area (Å²) >= 11 is 0. The van der Waals surface area contributed by atoms with Crippen LogP contribution in [-0.2, 0) is 6.42 Å². The van der Waals surface area contributed by atoms with Gasteiger partial charge in [-0.2, -0.15) is 0 Å². The number of nitrogens with one attached hydrogen (secondary N) is 2. The van der Waals surface area contributed by atoms with Crippen molar-refractivity contribution in [1.29, 1.82) is 0 Å². The number of benzene rings is 1. The van der Waals surface area contributed by atoms with Crippen molar-refractivity contribution >= 4 is 17.3 Å². The molecular weight excluding hydrogens is 274 g/mol. The summed E-state index contributed by atoms with van der Waals surface area (Å²) in [7, 11) is 0. The molecule has 0 aliphatic carbocycles. The van der Waals surface area contributed by atoms with Crippen LogP contribution >= 0.6 is 0 Å². The van der Waals surface area contributed by atoms with E-state index < -0.39 is 11.6 Å². The van der Waals surface area contributed by atoms with E-state index in [-0.39, 0.29) is 0 Å². The Morgan fingerprint density at radius 3 is 2.19 bits per heavy atom. The first kappa shape index (κ1) is 15.2. The average Bonchev–Trinajstić information content (AvgIpc) is 2.42. The first-order chi connectivity index (χ1) is 10.0. The Balaban J connectivity index is 2.40. The molecular formula is C15H18F2N4. The summed E-state index contributed by atoms with van der Waals surface area (Å²) in [6.45, 7) is 6.51. The molecule has 0 spiro atoms. The number of aromatic nitrogens is 2. The SMILES string of the molecule is CCNc1nc(CC)nc(Nc2cc(F)cc(F)c2)c1C. The van der Waals surface area contributed by atoms with Gasteiger partial charge in [0.2, 0.25) is 0 Å². The summed E-state index contributed by atoms with van der Waals surface area (Å²) in [5, 5.41) is 6.12. The third-order valence-corrected chi connectivity index (χ3v) is 2.98. The average molecular weight is 292 g/mol. The maximum absolute atomic E-state index is 13.3. The summed E-state index contributed by atoms with van der Waals surface area (Å²) in [4.78, 5) is 8.79. The minimum absolute atomic E-state index is 0.318. The van der Waals surface area contributed by atoms with E-state index in [0.29, 0.717) is 23.8 Å². The summed E-state index contributed by atoms with van der Waals surface area (Å²) in [5.41, 5.74) is 1.12. The number of halogens is 2. The van der Waals surface area contributed by atoms with E-state index in [1.54, 1.807) is 0 Å². The van der Waals surface area contributed by atoms with Gasteiger partial charge in [-0.25, -0.2) is 18.7 Å². The largest absolute Gasteiger partial charge is 0.370 e. The molecule has 6 heteroatoms. The van der Waals surface area contributed by atoms with Crippen LogP contribution in [0.2, 0.25) is 0 Å². The molecule has 0 amide bonds. The Hall–Kier alpha value is -2.24. The minimum Gasteiger partial charge on any atom is -0.370 e. The van der Waals surface area contributed by atoms with Crippen molar-refractivity contribution in [3.63, 3.8) is 0 Å². The monoisotopic (exact) mass is 292 g/mol. The fourth-order valence-electron chi connectivity index (χ4n) is 1.95. The minimum atomic E-state index is -0.633. The van der Waals surface area contributed by atoms with Crippen LogP contribution in [0.1, 0.15) is 25.2 Å². The highest BCUT2D eigenvalue weighted by Gasteiger charge is 2.11. The molecule has 0 atom stereocenters. The van der Waals surface area contributed by atoms with Crippen LogP contribution in [0.15, 0.2) is 18.2 Å². The zero-order valence-electron chi connectivity index (χ0n) is 12.3. The molecule has 0 unspecified atom stereocenters. The maximum atomic E-state index is 13.3. The topological polar surface area (TPSA) is 49.8 Å². The fraction of sp³-hybridized carbons (Fsp3) is 0.333. The molecule has 4 nitrogen and oxygen atoms in total. The number of nitrogens with zero attached hydrogens (tertiary/aromatic N) is 2. The molecule has 0 saturated heterocycles. The number of hydrogen-bond acceptors (Lipinski definition) is 4. The number of aryl methyl sites for hydroxylation is 1. The lowest BCUT2D eigenvalue weighted by molar-refractivity contribution is 0.584. The van der Waals surface area contributed by atoms with Gasteiger partial charge in [-0.15, -0.1) is 0 Å². The maximum Gasteiger partial charge on any atom is 0.139 e. The van der Waals surface area contributed by atoms with Gasteiger partial charge in [0.15, 0.2) is 0 Å². The molecule has 112 valence electrons. The molecule has 1 aromatic heterocycles. The van der Waals surface area contributed by atoms with Gasteiger partial charge < -0.3 is 10.6 Å². The summed E-state index contributed by atoms with van der Waals surface area (Å²) in [6.07, 6.45) is 0.671. The van der Waals surface area contributed by atoms with E-state index in [0.717, 1.165) is 24.0 Å². The predicted molar refractivity (Wildman–Crippen MR) is 80.0 cm³/mol. The van der Waals surface area contributed by atoms with Crippen LogP contribution in [0.3, 0.4) is 0 Å². The molecule has 1 aromatic carbocycles. The van der Waals surface area contributed by atoms with E-state index in [1.165, 1.54) is 12.1 Å².